The average molecular weight is 326 g/mol. The summed E-state index contributed by atoms with van der Waals surface area (Å²) in [6.45, 7) is 0. The van der Waals surface area contributed by atoms with Crippen LogP contribution in [0.3, 0.4) is 0 Å². The van der Waals surface area contributed by atoms with Gasteiger partial charge in [-0.25, -0.2) is 4.79 Å². The minimum absolute atomic E-state index is 0.246. The van der Waals surface area contributed by atoms with Crippen molar-refractivity contribution in [1.82, 2.24) is 0 Å². The van der Waals surface area contributed by atoms with E-state index in [0.29, 0.717) is 0 Å². The monoisotopic (exact) mass is 326 g/mol. The molecule has 2 aliphatic rings. The van der Waals surface area contributed by atoms with Gasteiger partial charge in [-0.1, -0.05) is 27.9 Å². The van der Waals surface area contributed by atoms with Crippen LogP contribution in [0.15, 0.2) is 46.4 Å². The van der Waals surface area contributed by atoms with Gasteiger partial charge < -0.3 is 10.5 Å². The first-order chi connectivity index (χ1) is 11.1. The van der Waals surface area contributed by atoms with E-state index in [2.05, 4.69) is 10.5 Å². The number of rotatable bonds is 2. The molecule has 1 unspecified atom stereocenters. The number of para-hydroxylation sites is 1. The number of carbonyl (C=O) groups is 1. The van der Waals surface area contributed by atoms with Crippen molar-refractivity contribution in [3.63, 3.8) is 0 Å². The van der Waals surface area contributed by atoms with Gasteiger partial charge in [0.25, 0.3) is 0 Å². The van der Waals surface area contributed by atoms with E-state index in [0.717, 1.165) is 40.5 Å². The van der Waals surface area contributed by atoms with Gasteiger partial charge in [0.15, 0.2) is 10.8 Å². The molecule has 0 saturated heterocycles. The minimum atomic E-state index is -0.490. The number of hydrogen-bond acceptors (Lipinski definition) is 4. The van der Waals surface area contributed by atoms with Crippen molar-refractivity contribution >= 4 is 29.3 Å². The van der Waals surface area contributed by atoms with E-state index in [1.807, 2.05) is 30.3 Å². The molecule has 0 bridgehead atoms. The van der Waals surface area contributed by atoms with Crippen LogP contribution in [0.1, 0.15) is 17.5 Å². The van der Waals surface area contributed by atoms with Crippen molar-refractivity contribution in [3.8, 4) is 10.8 Å². The van der Waals surface area contributed by atoms with E-state index < -0.39 is 6.03 Å². The zero-order valence-corrected chi connectivity index (χ0v) is 13.5. The first kappa shape index (κ1) is 14.2. The highest BCUT2D eigenvalue weighted by Crippen LogP contribution is 2.48. The topological polar surface area (TPSA) is 64.7 Å². The highest BCUT2D eigenvalue weighted by Gasteiger charge is 2.46. The zero-order chi connectivity index (χ0) is 16.0. The molecule has 116 valence electrons. The van der Waals surface area contributed by atoms with Crippen LogP contribution < -0.4 is 10.5 Å². The lowest BCUT2D eigenvalue weighted by molar-refractivity contribution is -0.758. The van der Waals surface area contributed by atoms with Gasteiger partial charge in [-0.2, -0.15) is 0 Å². The number of benzene rings is 1. The Morgan fingerprint density at radius 1 is 1.30 bits per heavy atom. The van der Waals surface area contributed by atoms with Gasteiger partial charge in [0.2, 0.25) is 0 Å². The summed E-state index contributed by atoms with van der Waals surface area (Å²) in [6, 6.07) is 9.15. The molecule has 1 aliphatic carbocycles. The van der Waals surface area contributed by atoms with Crippen LogP contribution in [0, 0.1) is 0 Å². The number of carbonyl (C=O) groups excluding carboxylic acids is 1. The number of aryl methyl sites for hydroxylation is 1. The Hall–Kier alpha value is -2.44. The summed E-state index contributed by atoms with van der Waals surface area (Å²) in [5.74, 6) is 0.775. The Kier molecular flexibility index (Phi) is 3.11. The fourth-order valence-electron chi connectivity index (χ4n) is 3.06. The van der Waals surface area contributed by atoms with E-state index in [1.54, 1.807) is 24.6 Å². The first-order valence-electron chi connectivity index (χ1n) is 7.39. The van der Waals surface area contributed by atoms with Crippen LogP contribution in [-0.4, -0.2) is 23.9 Å². The fourth-order valence-corrected chi connectivity index (χ4v) is 4.03. The molecule has 5 nitrogen and oxygen atoms in total. The molecule has 2 aromatic rings. The van der Waals surface area contributed by atoms with Crippen LogP contribution in [0.4, 0.5) is 4.79 Å². The Balaban J connectivity index is 1.82. The van der Waals surface area contributed by atoms with Crippen LogP contribution in [-0.2, 0) is 6.42 Å². The highest BCUT2D eigenvalue weighted by atomic mass is 32.1. The van der Waals surface area contributed by atoms with Gasteiger partial charge in [-0.15, -0.1) is 11.3 Å². The summed E-state index contributed by atoms with van der Waals surface area (Å²) in [7, 11) is 1.72. The Morgan fingerprint density at radius 3 is 2.83 bits per heavy atom. The van der Waals surface area contributed by atoms with E-state index in [-0.39, 0.29) is 4.59 Å². The molecule has 0 radical (unpaired) electrons. The molecule has 1 aromatic heterocycles. The van der Waals surface area contributed by atoms with Crippen LogP contribution in [0.25, 0.3) is 5.70 Å². The molecule has 1 aromatic carbocycles. The largest absolute Gasteiger partial charge is 0.446 e. The van der Waals surface area contributed by atoms with Crippen LogP contribution in [0.2, 0.25) is 0 Å². The molecular formula is C17H16N3O2S+. The van der Waals surface area contributed by atoms with Crippen molar-refractivity contribution < 1.29 is 14.1 Å². The Bertz CT molecular complexity index is 854. The molecule has 6 heteroatoms. The standard InChI is InChI=1S/C17H15N3O2S/c1-20(17(18)21)15-11(9-19-20)7-8-12-10-23-16(14(12)15)22-13-5-3-2-4-6-13/h2-6,9-10H,7-8H2,1H3,(H-,18,21)/p+1. The lowest BCUT2D eigenvalue weighted by Gasteiger charge is -2.25. The van der Waals surface area contributed by atoms with Crippen molar-refractivity contribution in [2.45, 2.75) is 12.8 Å². The molecule has 2 amide bonds. The van der Waals surface area contributed by atoms with Gasteiger partial charge in [0.05, 0.1) is 11.8 Å². The molecule has 1 atom stereocenters. The molecule has 1 aliphatic heterocycles. The second kappa shape index (κ2) is 5.04. The third-order valence-electron chi connectivity index (χ3n) is 4.30. The van der Waals surface area contributed by atoms with E-state index in [9.17, 15) is 4.79 Å². The van der Waals surface area contributed by atoms with Crippen molar-refractivity contribution in [2.75, 3.05) is 7.05 Å². The summed E-state index contributed by atoms with van der Waals surface area (Å²) < 4.78 is 5.82. The average Bonchev–Trinajstić information content (AvgIpc) is 3.11. The number of amides is 2. The van der Waals surface area contributed by atoms with Crippen LogP contribution in [0.5, 0.6) is 10.8 Å². The highest BCUT2D eigenvalue weighted by molar-refractivity contribution is 7.12. The predicted molar refractivity (Wildman–Crippen MR) is 90.3 cm³/mol. The second-order valence-corrected chi connectivity index (χ2v) is 6.60. The number of ether oxygens (including phenoxy) is 1. The van der Waals surface area contributed by atoms with Gasteiger partial charge in [-0.3, -0.25) is 0 Å². The quantitative estimate of drug-likeness (QED) is 0.855. The summed E-state index contributed by atoms with van der Waals surface area (Å²) in [5, 5.41) is 7.24. The maximum atomic E-state index is 12.0. The molecule has 4 rings (SSSR count). The summed E-state index contributed by atoms with van der Waals surface area (Å²) in [4.78, 5) is 12.0. The number of urea groups is 1. The number of thiophene rings is 1. The maximum Gasteiger partial charge on any atom is 0.445 e. The normalized spacial score (nSPS) is 22.0. The number of nitrogens with two attached hydrogens (primary N) is 1. The number of fused-ring (bicyclic) bond motifs is 2. The van der Waals surface area contributed by atoms with Gasteiger partial charge in [0.1, 0.15) is 12.8 Å². The lowest BCUT2D eigenvalue weighted by Crippen LogP contribution is -2.45. The lowest BCUT2D eigenvalue weighted by atomic mass is 9.92. The third-order valence-corrected chi connectivity index (χ3v) is 5.20. The number of primary amides is 1. The van der Waals surface area contributed by atoms with Crippen molar-refractivity contribution in [2.24, 2.45) is 10.8 Å². The predicted octanol–water partition coefficient (Wildman–Crippen LogP) is 3.72. The first-order valence-corrected chi connectivity index (χ1v) is 8.27. The molecule has 0 spiro atoms. The summed E-state index contributed by atoms with van der Waals surface area (Å²) in [6.07, 6.45) is 3.56. The van der Waals surface area contributed by atoms with E-state index >= 15 is 0 Å². The van der Waals surface area contributed by atoms with Crippen molar-refractivity contribution in [3.05, 3.63) is 52.4 Å². The minimum Gasteiger partial charge on any atom is -0.446 e. The smallest absolute Gasteiger partial charge is 0.445 e. The van der Waals surface area contributed by atoms with Gasteiger partial charge in [-0.05, 0) is 35.9 Å². The summed E-state index contributed by atoms with van der Waals surface area (Å²) in [5.41, 5.74) is 9.69. The van der Waals surface area contributed by atoms with Gasteiger partial charge in [0, 0.05) is 5.57 Å². The molecule has 0 saturated carbocycles. The van der Waals surface area contributed by atoms with Gasteiger partial charge >= 0.3 is 6.03 Å². The molecule has 23 heavy (non-hydrogen) atoms. The Labute approximate surface area is 137 Å². The second-order valence-electron chi connectivity index (χ2n) is 5.75. The van der Waals surface area contributed by atoms with E-state index in [1.165, 1.54) is 5.56 Å². The summed E-state index contributed by atoms with van der Waals surface area (Å²) >= 11 is 1.55. The van der Waals surface area contributed by atoms with Crippen molar-refractivity contribution in [1.29, 1.82) is 0 Å². The molecule has 0 fully saturated rings. The fraction of sp³-hybridized carbons (Fsp3) is 0.176. The number of nitrogens with zero attached hydrogens (tertiary/aromatic N) is 2. The molecular weight excluding hydrogens is 310 g/mol. The van der Waals surface area contributed by atoms with E-state index in [4.69, 9.17) is 10.5 Å². The number of allylic oxidation sites excluding steroid dienone is 1. The van der Waals surface area contributed by atoms with Crippen LogP contribution >= 0.6 is 11.3 Å². The zero-order valence-electron chi connectivity index (χ0n) is 12.7. The molecule has 2 heterocycles. The number of hydrogen-bond donors (Lipinski definition) is 1. The SMILES string of the molecule is C[N+]1(C(N)=O)N=CC2=C1c1c(csc1Oc1ccccc1)CC2. The molecule has 2 N–H and O–H groups in total. The third kappa shape index (κ3) is 2.10. The maximum absolute atomic E-state index is 12.0. The number of quaternary nitrogens is 1. The Morgan fingerprint density at radius 2 is 2.09 bits per heavy atom.